The van der Waals surface area contributed by atoms with E-state index in [2.05, 4.69) is 86.4 Å². The van der Waals surface area contributed by atoms with Crippen molar-refractivity contribution in [3.05, 3.63) is 82.7 Å². The number of piperidine rings is 2. The third-order valence-corrected chi connectivity index (χ3v) is 15.6. The number of carbonyl (C=O) groups excluding carboxylic acids is 2. The third kappa shape index (κ3) is 8.24. The molecule has 2 saturated carbocycles. The van der Waals surface area contributed by atoms with E-state index in [1.807, 2.05) is 12.1 Å². The fourth-order valence-electron chi connectivity index (χ4n) is 12.0. The second kappa shape index (κ2) is 18.2. The van der Waals surface area contributed by atoms with E-state index in [4.69, 9.17) is 0 Å². The van der Waals surface area contributed by atoms with Gasteiger partial charge in [-0.2, -0.15) is 0 Å². The van der Waals surface area contributed by atoms with Gasteiger partial charge in [0, 0.05) is 135 Å². The zero-order chi connectivity index (χ0) is 41.3. The number of aryl methyl sites for hydroxylation is 1. The molecule has 2 aliphatic carbocycles. The number of amides is 2. The van der Waals surface area contributed by atoms with E-state index in [1.54, 1.807) is 0 Å². The predicted octanol–water partition coefficient (Wildman–Crippen LogP) is 10.2. The van der Waals surface area contributed by atoms with Crippen LogP contribution in [0.2, 0.25) is 0 Å². The summed E-state index contributed by atoms with van der Waals surface area (Å²) in [6, 6.07) is 14.4. The Hall–Kier alpha value is -3.88. The van der Waals surface area contributed by atoms with Crippen molar-refractivity contribution in [2.75, 3.05) is 39.3 Å². The normalized spacial score (nSPS) is 21.4. The molecule has 8 heteroatoms. The topological polar surface area (TPSA) is 57.0 Å². The first kappa shape index (κ1) is 41.5. The number of rotatable bonds is 8. The van der Waals surface area contributed by atoms with E-state index in [-0.39, 0.29) is 11.8 Å². The average Bonchev–Trinajstić information content (AvgIpc) is 4.12. The Balaban J connectivity index is 0.000000154. The van der Waals surface area contributed by atoms with Crippen molar-refractivity contribution in [1.29, 1.82) is 0 Å². The fraction of sp³-hybridized carbons (Fsp3) is 0.615. The van der Waals surface area contributed by atoms with E-state index in [9.17, 15) is 9.59 Å². The summed E-state index contributed by atoms with van der Waals surface area (Å²) in [5, 5.41) is 2.61. The Bertz CT molecular complexity index is 2170. The molecule has 0 spiro atoms. The summed E-state index contributed by atoms with van der Waals surface area (Å²) in [6.45, 7) is 20.8. The van der Waals surface area contributed by atoms with E-state index in [0.717, 1.165) is 139 Å². The summed E-state index contributed by atoms with van der Waals surface area (Å²) >= 11 is 0. The van der Waals surface area contributed by atoms with Crippen molar-refractivity contribution in [3.8, 4) is 0 Å². The molecule has 4 fully saturated rings. The fourth-order valence-corrected chi connectivity index (χ4v) is 12.0. The highest BCUT2D eigenvalue weighted by atomic mass is 16.2. The van der Waals surface area contributed by atoms with E-state index < -0.39 is 0 Å². The van der Waals surface area contributed by atoms with Gasteiger partial charge in [-0.1, -0.05) is 52.5 Å². The van der Waals surface area contributed by atoms with Gasteiger partial charge in [-0.25, -0.2) is 0 Å². The number of benzene rings is 2. The van der Waals surface area contributed by atoms with Gasteiger partial charge in [0.25, 0.3) is 11.8 Å². The number of carbonyl (C=O) groups is 2. The molecule has 0 unspecified atom stereocenters. The SMILES string of the molecule is C=CCn1c2c(c3cc(C(=O)N4CCC(C)CC4)ccc31)CN(C1CCCC1)CC2.CCCn1c2c(c3cc(C(=O)N4CCC(C)CC4)ccc31)CN(C1CCCC1)CC2. The van der Waals surface area contributed by atoms with Gasteiger partial charge >= 0.3 is 0 Å². The molecule has 0 atom stereocenters. The van der Waals surface area contributed by atoms with Gasteiger partial charge in [-0.05, 0) is 117 Å². The molecule has 6 heterocycles. The summed E-state index contributed by atoms with van der Waals surface area (Å²) in [4.78, 5) is 36.0. The number of hydrogen-bond donors (Lipinski definition) is 0. The van der Waals surface area contributed by atoms with Gasteiger partial charge < -0.3 is 18.9 Å². The van der Waals surface area contributed by atoms with Crippen LogP contribution in [0, 0.1) is 11.8 Å². The molecule has 322 valence electrons. The minimum atomic E-state index is 0.206. The highest BCUT2D eigenvalue weighted by Gasteiger charge is 2.32. The van der Waals surface area contributed by atoms with Crippen molar-refractivity contribution in [1.82, 2.24) is 28.7 Å². The number of likely N-dealkylation sites (tertiary alicyclic amines) is 2. The maximum Gasteiger partial charge on any atom is 0.253 e. The number of aromatic nitrogens is 2. The van der Waals surface area contributed by atoms with Crippen LogP contribution in [0.3, 0.4) is 0 Å². The van der Waals surface area contributed by atoms with Gasteiger partial charge in [0.05, 0.1) is 0 Å². The van der Waals surface area contributed by atoms with Crippen molar-refractivity contribution < 1.29 is 9.59 Å². The molecule has 2 saturated heterocycles. The molecular formula is C52H72N6O2. The van der Waals surface area contributed by atoms with Gasteiger partial charge in [-0.3, -0.25) is 19.4 Å². The van der Waals surface area contributed by atoms with Gasteiger partial charge in [0.1, 0.15) is 0 Å². The molecule has 0 radical (unpaired) electrons. The molecule has 2 aromatic heterocycles. The van der Waals surface area contributed by atoms with Gasteiger partial charge in [-0.15, -0.1) is 6.58 Å². The first-order chi connectivity index (χ1) is 29.3. The van der Waals surface area contributed by atoms with Crippen LogP contribution in [-0.2, 0) is 39.0 Å². The van der Waals surface area contributed by atoms with Crippen molar-refractivity contribution >= 4 is 33.6 Å². The number of hydrogen-bond acceptors (Lipinski definition) is 4. The van der Waals surface area contributed by atoms with Crippen LogP contribution in [0.5, 0.6) is 0 Å². The summed E-state index contributed by atoms with van der Waals surface area (Å²) in [5.41, 5.74) is 10.3. The second-order valence-corrected chi connectivity index (χ2v) is 19.6. The number of nitrogens with zero attached hydrogens (tertiary/aromatic N) is 6. The first-order valence-corrected chi connectivity index (χ1v) is 24.3. The Morgan fingerprint density at radius 1 is 0.617 bits per heavy atom. The first-order valence-electron chi connectivity index (χ1n) is 24.3. The minimum Gasteiger partial charge on any atom is -0.344 e. The van der Waals surface area contributed by atoms with Crippen molar-refractivity contribution in [2.45, 2.75) is 155 Å². The largest absolute Gasteiger partial charge is 0.344 e. The second-order valence-electron chi connectivity index (χ2n) is 19.6. The monoisotopic (exact) mass is 813 g/mol. The lowest BCUT2D eigenvalue weighted by Gasteiger charge is -2.33. The Labute approximate surface area is 359 Å². The van der Waals surface area contributed by atoms with Crippen LogP contribution in [0.1, 0.15) is 147 Å². The highest BCUT2D eigenvalue weighted by Crippen LogP contribution is 2.37. The molecule has 8 nitrogen and oxygen atoms in total. The summed E-state index contributed by atoms with van der Waals surface area (Å²) in [6.07, 6.45) is 20.8. The Morgan fingerprint density at radius 2 is 1.05 bits per heavy atom. The molecule has 4 aromatic rings. The summed E-state index contributed by atoms with van der Waals surface area (Å²) in [7, 11) is 0. The van der Waals surface area contributed by atoms with E-state index in [1.165, 1.54) is 102 Å². The highest BCUT2D eigenvalue weighted by molar-refractivity contribution is 6.00. The maximum absolute atomic E-state index is 13.2. The summed E-state index contributed by atoms with van der Waals surface area (Å²) < 4.78 is 4.98. The summed E-state index contributed by atoms with van der Waals surface area (Å²) in [5.74, 6) is 1.91. The number of allylic oxidation sites excluding steroid dienone is 1. The molecule has 60 heavy (non-hydrogen) atoms. The zero-order valence-corrected chi connectivity index (χ0v) is 37.2. The van der Waals surface area contributed by atoms with Crippen LogP contribution in [0.4, 0.5) is 0 Å². The van der Waals surface area contributed by atoms with Crippen molar-refractivity contribution in [2.24, 2.45) is 11.8 Å². The quantitative estimate of drug-likeness (QED) is 0.166. The molecule has 2 amide bonds. The Kier molecular flexibility index (Phi) is 12.6. The standard InChI is InChI=1S/C26H37N3O.C26H35N3O/c2*1-3-13-29-24-9-8-20(26(30)27-14-10-19(2)11-15-27)17-22(24)23-18-28(16-12-25(23)29)21-6-4-5-7-21/h8-9,17,19,21H,3-7,10-16,18H2,1-2H3;3,8-9,17,19,21H,1,4-7,10-16,18H2,2H3. The lowest BCUT2D eigenvalue weighted by atomic mass is 9.98. The van der Waals surface area contributed by atoms with Crippen LogP contribution in [0.25, 0.3) is 21.8 Å². The number of fused-ring (bicyclic) bond motifs is 6. The van der Waals surface area contributed by atoms with Crippen molar-refractivity contribution in [3.63, 3.8) is 0 Å². The molecule has 4 aliphatic heterocycles. The van der Waals surface area contributed by atoms with Gasteiger partial charge in [0.15, 0.2) is 0 Å². The maximum atomic E-state index is 13.2. The molecular weight excluding hydrogens is 741 g/mol. The zero-order valence-electron chi connectivity index (χ0n) is 37.2. The lowest BCUT2D eigenvalue weighted by molar-refractivity contribution is 0.0689. The van der Waals surface area contributed by atoms with Crippen LogP contribution < -0.4 is 0 Å². The molecule has 2 aromatic carbocycles. The average molecular weight is 813 g/mol. The Morgan fingerprint density at radius 3 is 1.48 bits per heavy atom. The van der Waals surface area contributed by atoms with Crippen LogP contribution in [0.15, 0.2) is 49.1 Å². The molecule has 0 bridgehead atoms. The smallest absolute Gasteiger partial charge is 0.253 e. The van der Waals surface area contributed by atoms with Crippen LogP contribution in [-0.4, -0.2) is 91.9 Å². The molecule has 0 N–H and O–H groups in total. The predicted molar refractivity (Wildman–Crippen MR) is 246 cm³/mol. The molecule has 10 rings (SSSR count). The van der Waals surface area contributed by atoms with E-state index in [0.29, 0.717) is 0 Å². The van der Waals surface area contributed by atoms with Crippen LogP contribution >= 0.6 is 0 Å². The lowest BCUT2D eigenvalue weighted by Crippen LogP contribution is -2.38. The third-order valence-electron chi connectivity index (χ3n) is 15.6. The molecule has 6 aliphatic rings. The minimum absolute atomic E-state index is 0.206. The van der Waals surface area contributed by atoms with E-state index >= 15 is 0 Å². The van der Waals surface area contributed by atoms with Gasteiger partial charge in [0.2, 0.25) is 0 Å².